The van der Waals surface area contributed by atoms with E-state index in [0.717, 1.165) is 15.1 Å². The second-order valence-corrected chi connectivity index (χ2v) is 10.8. The topological polar surface area (TPSA) is 102 Å². The van der Waals surface area contributed by atoms with Crippen molar-refractivity contribution in [2.75, 3.05) is 12.0 Å². The molecule has 0 bridgehead atoms. The fourth-order valence-corrected chi connectivity index (χ4v) is 5.56. The molecule has 2 aromatic carbocycles. The second-order valence-electron chi connectivity index (χ2n) is 7.15. The number of fused-ring (bicyclic) bond motifs is 1. The van der Waals surface area contributed by atoms with Gasteiger partial charge in [0.2, 0.25) is 10.0 Å². The molecule has 0 spiro atoms. The van der Waals surface area contributed by atoms with Crippen molar-refractivity contribution in [3.63, 3.8) is 0 Å². The Morgan fingerprint density at radius 2 is 1.87 bits per heavy atom. The highest BCUT2D eigenvalue weighted by Crippen LogP contribution is 2.37. The molecule has 0 fully saturated rings. The number of aromatic nitrogens is 1. The number of halogens is 2. The van der Waals surface area contributed by atoms with E-state index in [9.17, 15) is 23.6 Å². The van der Waals surface area contributed by atoms with Gasteiger partial charge in [0, 0.05) is 27.7 Å². The van der Waals surface area contributed by atoms with Gasteiger partial charge in [-0.3, -0.25) is 10.1 Å². The first-order valence-electron chi connectivity index (χ1n) is 8.63. The number of rotatable bonds is 6. The van der Waals surface area contributed by atoms with Crippen LogP contribution < -0.4 is 0 Å². The number of aliphatic hydroxyl groups is 1. The van der Waals surface area contributed by atoms with E-state index in [1.54, 1.807) is 18.2 Å². The molecule has 7 nitrogen and oxygen atoms in total. The van der Waals surface area contributed by atoms with Crippen molar-refractivity contribution < 1.29 is 18.4 Å². The van der Waals surface area contributed by atoms with Crippen LogP contribution in [-0.4, -0.2) is 34.4 Å². The van der Waals surface area contributed by atoms with Crippen LogP contribution in [0.15, 0.2) is 41.3 Å². The summed E-state index contributed by atoms with van der Waals surface area (Å²) < 4.78 is 26.1. The van der Waals surface area contributed by atoms with Crippen molar-refractivity contribution in [3.8, 4) is 0 Å². The molecule has 0 aliphatic carbocycles. The zero-order valence-electron chi connectivity index (χ0n) is 16.2. The molecule has 160 valence electrons. The first-order chi connectivity index (χ1) is 13.8. The Morgan fingerprint density at radius 1 is 1.20 bits per heavy atom. The second kappa shape index (κ2) is 8.05. The minimum Gasteiger partial charge on any atom is -0.383 e. The van der Waals surface area contributed by atoms with Gasteiger partial charge in [-0.1, -0.05) is 23.2 Å². The Bertz CT molecular complexity index is 1270. The highest BCUT2D eigenvalue weighted by Gasteiger charge is 2.32. The molecule has 0 aliphatic heterocycles. The summed E-state index contributed by atoms with van der Waals surface area (Å²) in [7, 11) is -3.81. The lowest BCUT2D eigenvalue weighted by atomic mass is 10.1. The molecule has 0 saturated heterocycles. The molecule has 3 aromatic rings. The molecule has 1 heterocycles. The van der Waals surface area contributed by atoms with Crippen LogP contribution in [0.3, 0.4) is 0 Å². The highest BCUT2D eigenvalue weighted by atomic mass is 35.5. The van der Waals surface area contributed by atoms with Gasteiger partial charge in [-0.2, -0.15) is 0 Å². The molecule has 0 radical (unpaired) electrons. The van der Waals surface area contributed by atoms with Crippen molar-refractivity contribution in [1.29, 1.82) is 0 Å². The Balaban J connectivity index is 2.10. The van der Waals surface area contributed by atoms with E-state index in [1.807, 2.05) is 0 Å². The van der Waals surface area contributed by atoms with Crippen LogP contribution in [0.25, 0.3) is 10.9 Å². The maximum atomic E-state index is 12.5. The molecule has 1 aromatic heterocycles. The van der Waals surface area contributed by atoms with Crippen LogP contribution in [0.1, 0.15) is 18.2 Å². The van der Waals surface area contributed by atoms with E-state index < -0.39 is 20.5 Å². The first kappa shape index (κ1) is 22.9. The Hall–Kier alpha value is -1.78. The number of hydrogen-bond acceptors (Lipinski definition) is 6. The Morgan fingerprint density at radius 3 is 2.43 bits per heavy atom. The Kier molecular flexibility index (Phi) is 6.14. The summed E-state index contributed by atoms with van der Waals surface area (Å²) in [6.45, 7) is 3.03. The summed E-state index contributed by atoms with van der Waals surface area (Å²) >= 11 is 13.2. The lowest BCUT2D eigenvalue weighted by molar-refractivity contribution is -0.385. The van der Waals surface area contributed by atoms with Gasteiger partial charge in [0.1, 0.15) is 5.60 Å². The van der Waals surface area contributed by atoms with Crippen molar-refractivity contribution in [2.45, 2.75) is 24.3 Å². The van der Waals surface area contributed by atoms with Crippen LogP contribution in [0, 0.1) is 17.0 Å². The number of nitrogens with zero attached hydrogens (tertiary/aromatic N) is 2. The highest BCUT2D eigenvalue weighted by molar-refractivity contribution is 7.99. The molecule has 0 amide bonds. The predicted octanol–water partition coefficient (Wildman–Crippen LogP) is 4.97. The van der Waals surface area contributed by atoms with Gasteiger partial charge in [-0.25, -0.2) is 12.4 Å². The molecule has 0 aliphatic rings. The third-order valence-corrected chi connectivity index (χ3v) is 7.66. The van der Waals surface area contributed by atoms with E-state index in [4.69, 9.17) is 23.2 Å². The van der Waals surface area contributed by atoms with Crippen molar-refractivity contribution in [3.05, 3.63) is 67.8 Å². The third-order valence-electron chi connectivity index (χ3n) is 4.57. The molecule has 1 atom stereocenters. The van der Waals surface area contributed by atoms with Crippen molar-refractivity contribution in [2.24, 2.45) is 0 Å². The van der Waals surface area contributed by atoms with Crippen molar-refractivity contribution >= 4 is 61.6 Å². The predicted molar refractivity (Wildman–Crippen MR) is 120 cm³/mol. The van der Waals surface area contributed by atoms with Gasteiger partial charge in [-0.05, 0) is 44.2 Å². The summed E-state index contributed by atoms with van der Waals surface area (Å²) in [6.07, 6.45) is 1.02. The van der Waals surface area contributed by atoms with Gasteiger partial charge in [0.15, 0.2) is 0 Å². The number of nitro groups is 1. The molecular weight excluding hydrogens is 471 g/mol. The first-order valence-corrected chi connectivity index (χ1v) is 12.2. The lowest BCUT2D eigenvalue weighted by Crippen LogP contribution is -2.30. The summed E-state index contributed by atoms with van der Waals surface area (Å²) in [6, 6.07) is 9.27. The summed E-state index contributed by atoms with van der Waals surface area (Å²) in [5.74, 6) is 0.109. The van der Waals surface area contributed by atoms with Gasteiger partial charge in [0.25, 0.3) is 5.69 Å². The van der Waals surface area contributed by atoms with E-state index in [-0.39, 0.29) is 22.7 Å². The summed E-state index contributed by atoms with van der Waals surface area (Å²) in [5, 5.41) is 23.6. The molecular formula is C19H18Cl2N2O5S2. The van der Waals surface area contributed by atoms with E-state index in [1.165, 1.54) is 43.8 Å². The average Bonchev–Trinajstić information content (AvgIpc) is 3.01. The largest absolute Gasteiger partial charge is 0.383 e. The monoisotopic (exact) mass is 488 g/mol. The number of hydrogen-bond donors (Lipinski definition) is 1. The molecule has 11 heteroatoms. The van der Waals surface area contributed by atoms with E-state index in [0.29, 0.717) is 21.0 Å². The lowest BCUT2D eigenvalue weighted by Gasteiger charge is -2.24. The van der Waals surface area contributed by atoms with Gasteiger partial charge >= 0.3 is 0 Å². The van der Waals surface area contributed by atoms with Gasteiger partial charge < -0.3 is 5.11 Å². The van der Waals surface area contributed by atoms with Crippen molar-refractivity contribution in [1.82, 2.24) is 3.97 Å². The fraction of sp³-hybridized carbons (Fsp3) is 0.263. The Labute approximate surface area is 187 Å². The maximum Gasteiger partial charge on any atom is 0.273 e. The van der Waals surface area contributed by atoms with Crippen LogP contribution >= 0.6 is 35.0 Å². The average molecular weight is 489 g/mol. The SMILES string of the molecule is Cc1cc2c(cc1[N+](=O)[O-])cc(C(C)(O)CSc1ccc(Cl)c(Cl)c1)n2S(C)(=O)=O. The zero-order valence-corrected chi connectivity index (χ0v) is 19.4. The summed E-state index contributed by atoms with van der Waals surface area (Å²) in [5.41, 5.74) is -0.971. The van der Waals surface area contributed by atoms with Crippen LogP contribution in [0.4, 0.5) is 5.69 Å². The van der Waals surface area contributed by atoms with E-state index in [2.05, 4.69) is 0 Å². The van der Waals surface area contributed by atoms with Gasteiger partial charge in [-0.15, -0.1) is 11.8 Å². The van der Waals surface area contributed by atoms with Crippen LogP contribution in [-0.2, 0) is 15.6 Å². The molecule has 3 rings (SSSR count). The molecule has 0 saturated carbocycles. The smallest absolute Gasteiger partial charge is 0.273 e. The molecule has 1 N–H and O–H groups in total. The number of nitro benzene ring substituents is 1. The zero-order chi connectivity index (χ0) is 22.4. The van der Waals surface area contributed by atoms with E-state index >= 15 is 0 Å². The minimum atomic E-state index is -3.81. The van der Waals surface area contributed by atoms with Crippen LogP contribution in [0.2, 0.25) is 10.0 Å². The fourth-order valence-electron chi connectivity index (χ4n) is 3.12. The quantitative estimate of drug-likeness (QED) is 0.298. The number of aryl methyl sites for hydroxylation is 1. The number of thioether (sulfide) groups is 1. The molecule has 1 unspecified atom stereocenters. The third kappa shape index (κ3) is 4.45. The normalized spacial score (nSPS) is 14.1. The minimum absolute atomic E-state index is 0.109. The molecule has 30 heavy (non-hydrogen) atoms. The summed E-state index contributed by atoms with van der Waals surface area (Å²) in [4.78, 5) is 11.5. The maximum absolute atomic E-state index is 12.5. The van der Waals surface area contributed by atoms with Crippen LogP contribution in [0.5, 0.6) is 0 Å². The van der Waals surface area contributed by atoms with Gasteiger partial charge in [0.05, 0.1) is 32.4 Å². The standard InChI is InChI=1S/C19H18Cl2N2O5S2/c1-11-6-17-12(7-16(11)23(25)26)8-18(22(17)30(3,27)28)19(2,24)10-29-13-4-5-14(20)15(21)9-13/h4-9,24H,10H2,1-3H3. The number of benzene rings is 2.